The summed E-state index contributed by atoms with van der Waals surface area (Å²) >= 11 is 0. The van der Waals surface area contributed by atoms with Crippen LogP contribution in [0.2, 0.25) is 0 Å². The Labute approximate surface area is 98.7 Å². The second-order valence-corrected chi connectivity index (χ2v) is 4.84. The highest BCUT2D eigenvalue weighted by atomic mass is 15.2. The first kappa shape index (κ1) is 11.5. The highest BCUT2D eigenvalue weighted by Crippen LogP contribution is 2.16. The van der Waals surface area contributed by atoms with E-state index in [2.05, 4.69) is 48.5 Å². The Morgan fingerprint density at radius 3 is 2.62 bits per heavy atom. The number of hydrogen-bond donors (Lipinski definition) is 1. The largest absolute Gasteiger partial charge is 0.381 e. The first-order valence-corrected chi connectivity index (χ1v) is 6.32. The Morgan fingerprint density at radius 1 is 1.31 bits per heavy atom. The molecule has 1 aromatic carbocycles. The van der Waals surface area contributed by atoms with Gasteiger partial charge in [-0.1, -0.05) is 25.5 Å². The van der Waals surface area contributed by atoms with Gasteiger partial charge in [-0.2, -0.15) is 0 Å². The number of likely N-dealkylation sites (N-methyl/N-ethyl adjacent to an activating group) is 1. The van der Waals surface area contributed by atoms with E-state index in [1.54, 1.807) is 0 Å². The average molecular weight is 218 g/mol. The molecule has 0 aliphatic carbocycles. The standard InChI is InChI=1S/C14H22N2/c1-3-4-12-5-7-13(8-6-12)15-14-9-10-16(2)11-14/h5-8,14-15H,3-4,9-11H2,1-2H3. The number of hydrogen-bond acceptors (Lipinski definition) is 2. The van der Waals surface area contributed by atoms with Crippen LogP contribution in [0.5, 0.6) is 0 Å². The second-order valence-electron chi connectivity index (χ2n) is 4.84. The lowest BCUT2D eigenvalue weighted by Gasteiger charge is -2.14. The average Bonchev–Trinajstić information content (AvgIpc) is 2.67. The maximum absolute atomic E-state index is 3.60. The molecular formula is C14H22N2. The Bertz CT molecular complexity index is 318. The van der Waals surface area contributed by atoms with Gasteiger partial charge < -0.3 is 10.2 Å². The summed E-state index contributed by atoms with van der Waals surface area (Å²) in [5.74, 6) is 0. The predicted molar refractivity (Wildman–Crippen MR) is 70.0 cm³/mol. The first-order chi connectivity index (χ1) is 7.78. The van der Waals surface area contributed by atoms with E-state index in [9.17, 15) is 0 Å². The number of anilines is 1. The van der Waals surface area contributed by atoms with Crippen molar-refractivity contribution in [1.29, 1.82) is 0 Å². The molecule has 0 aromatic heterocycles. The third-order valence-electron chi connectivity index (χ3n) is 3.25. The van der Waals surface area contributed by atoms with Crippen molar-refractivity contribution in [2.45, 2.75) is 32.2 Å². The van der Waals surface area contributed by atoms with Crippen molar-refractivity contribution in [3.05, 3.63) is 29.8 Å². The lowest BCUT2D eigenvalue weighted by Crippen LogP contribution is -2.23. The van der Waals surface area contributed by atoms with Crippen molar-refractivity contribution in [2.75, 3.05) is 25.5 Å². The van der Waals surface area contributed by atoms with E-state index in [-0.39, 0.29) is 0 Å². The van der Waals surface area contributed by atoms with E-state index < -0.39 is 0 Å². The Kier molecular flexibility index (Phi) is 3.83. The topological polar surface area (TPSA) is 15.3 Å². The molecule has 1 atom stereocenters. The molecule has 1 aliphatic heterocycles. The van der Waals surface area contributed by atoms with Gasteiger partial charge in [0.15, 0.2) is 0 Å². The highest BCUT2D eigenvalue weighted by molar-refractivity contribution is 5.45. The molecule has 1 fully saturated rings. The van der Waals surface area contributed by atoms with Crippen LogP contribution in [0.1, 0.15) is 25.3 Å². The molecule has 1 N–H and O–H groups in total. The molecule has 1 aromatic rings. The van der Waals surface area contributed by atoms with Crippen molar-refractivity contribution in [1.82, 2.24) is 4.90 Å². The molecule has 88 valence electrons. The summed E-state index contributed by atoms with van der Waals surface area (Å²) in [5, 5.41) is 3.60. The Hall–Kier alpha value is -1.02. The van der Waals surface area contributed by atoms with E-state index in [1.807, 2.05) is 0 Å². The normalized spacial score (nSPS) is 21.2. The Morgan fingerprint density at radius 2 is 2.06 bits per heavy atom. The van der Waals surface area contributed by atoms with Crippen LogP contribution in [0, 0.1) is 0 Å². The summed E-state index contributed by atoms with van der Waals surface area (Å²) in [4.78, 5) is 2.38. The molecule has 1 aliphatic rings. The molecule has 1 saturated heterocycles. The van der Waals surface area contributed by atoms with Gasteiger partial charge in [0.05, 0.1) is 0 Å². The van der Waals surface area contributed by atoms with Gasteiger partial charge in [0, 0.05) is 18.3 Å². The fourth-order valence-electron chi connectivity index (χ4n) is 2.34. The summed E-state index contributed by atoms with van der Waals surface area (Å²) in [6.07, 6.45) is 3.67. The van der Waals surface area contributed by atoms with Gasteiger partial charge in [-0.3, -0.25) is 0 Å². The third-order valence-corrected chi connectivity index (χ3v) is 3.25. The minimum Gasteiger partial charge on any atom is -0.381 e. The van der Waals surface area contributed by atoms with Crippen LogP contribution in [0.15, 0.2) is 24.3 Å². The van der Waals surface area contributed by atoms with Crippen LogP contribution in [0.25, 0.3) is 0 Å². The molecule has 0 spiro atoms. The number of nitrogens with one attached hydrogen (secondary N) is 1. The molecule has 1 unspecified atom stereocenters. The Balaban J connectivity index is 1.89. The smallest absolute Gasteiger partial charge is 0.0400 e. The van der Waals surface area contributed by atoms with Gasteiger partial charge in [0.25, 0.3) is 0 Å². The van der Waals surface area contributed by atoms with Crippen LogP contribution in [-0.4, -0.2) is 31.1 Å². The second kappa shape index (κ2) is 5.35. The summed E-state index contributed by atoms with van der Waals surface area (Å²) in [7, 11) is 2.19. The number of likely N-dealkylation sites (tertiary alicyclic amines) is 1. The van der Waals surface area contributed by atoms with Gasteiger partial charge in [-0.25, -0.2) is 0 Å². The van der Waals surface area contributed by atoms with Crippen molar-refractivity contribution >= 4 is 5.69 Å². The molecule has 0 saturated carbocycles. The van der Waals surface area contributed by atoms with Gasteiger partial charge in [0.1, 0.15) is 0 Å². The zero-order valence-corrected chi connectivity index (χ0v) is 10.4. The minimum absolute atomic E-state index is 0.627. The molecule has 0 amide bonds. The van der Waals surface area contributed by atoms with Crippen molar-refractivity contribution < 1.29 is 0 Å². The quantitative estimate of drug-likeness (QED) is 0.836. The van der Waals surface area contributed by atoms with Crippen LogP contribution in [-0.2, 0) is 6.42 Å². The summed E-state index contributed by atoms with van der Waals surface area (Å²) in [5.41, 5.74) is 2.71. The summed E-state index contributed by atoms with van der Waals surface area (Å²) in [6.45, 7) is 4.60. The summed E-state index contributed by atoms with van der Waals surface area (Å²) < 4.78 is 0. The molecule has 2 nitrogen and oxygen atoms in total. The first-order valence-electron chi connectivity index (χ1n) is 6.32. The van der Waals surface area contributed by atoms with Gasteiger partial charge in [-0.05, 0) is 44.1 Å². The molecule has 2 rings (SSSR count). The zero-order chi connectivity index (χ0) is 11.4. The summed E-state index contributed by atoms with van der Waals surface area (Å²) in [6, 6.07) is 9.53. The van der Waals surface area contributed by atoms with Crippen LogP contribution in [0.4, 0.5) is 5.69 Å². The zero-order valence-electron chi connectivity index (χ0n) is 10.4. The fraction of sp³-hybridized carbons (Fsp3) is 0.571. The maximum atomic E-state index is 3.60. The number of rotatable bonds is 4. The van der Waals surface area contributed by atoms with Crippen LogP contribution >= 0.6 is 0 Å². The molecule has 2 heteroatoms. The maximum Gasteiger partial charge on any atom is 0.0400 e. The van der Waals surface area contributed by atoms with Gasteiger partial charge in [0.2, 0.25) is 0 Å². The number of benzene rings is 1. The monoisotopic (exact) mass is 218 g/mol. The van der Waals surface area contributed by atoms with Gasteiger partial charge in [-0.15, -0.1) is 0 Å². The number of nitrogens with zero attached hydrogens (tertiary/aromatic N) is 1. The van der Waals surface area contributed by atoms with Crippen LogP contribution in [0.3, 0.4) is 0 Å². The van der Waals surface area contributed by atoms with E-state index in [0.717, 1.165) is 6.54 Å². The lowest BCUT2D eigenvalue weighted by atomic mass is 10.1. The molecule has 0 bridgehead atoms. The van der Waals surface area contributed by atoms with Crippen molar-refractivity contribution in [2.24, 2.45) is 0 Å². The molecular weight excluding hydrogens is 196 g/mol. The SMILES string of the molecule is CCCc1ccc(NC2CCN(C)C2)cc1. The minimum atomic E-state index is 0.627. The van der Waals surface area contributed by atoms with E-state index in [4.69, 9.17) is 0 Å². The molecule has 1 heterocycles. The van der Waals surface area contributed by atoms with Gasteiger partial charge >= 0.3 is 0 Å². The van der Waals surface area contributed by atoms with Crippen molar-refractivity contribution in [3.8, 4) is 0 Å². The van der Waals surface area contributed by atoms with E-state index in [0.29, 0.717) is 6.04 Å². The fourth-order valence-corrected chi connectivity index (χ4v) is 2.34. The molecule has 16 heavy (non-hydrogen) atoms. The van der Waals surface area contributed by atoms with E-state index in [1.165, 1.54) is 37.1 Å². The van der Waals surface area contributed by atoms with Crippen molar-refractivity contribution in [3.63, 3.8) is 0 Å². The lowest BCUT2D eigenvalue weighted by molar-refractivity contribution is 0.414. The predicted octanol–water partition coefficient (Wildman–Crippen LogP) is 2.76. The highest BCUT2D eigenvalue weighted by Gasteiger charge is 2.18. The van der Waals surface area contributed by atoms with Crippen LogP contribution < -0.4 is 5.32 Å². The van der Waals surface area contributed by atoms with E-state index >= 15 is 0 Å². The third kappa shape index (κ3) is 2.99. The number of aryl methyl sites for hydroxylation is 1. The molecule has 0 radical (unpaired) electrons.